The van der Waals surface area contributed by atoms with Crippen LogP contribution in [0.3, 0.4) is 0 Å². The summed E-state index contributed by atoms with van der Waals surface area (Å²) in [6.45, 7) is 1.16. The van der Waals surface area contributed by atoms with Crippen LogP contribution in [0.4, 0.5) is 5.69 Å². The Balaban J connectivity index is 1.42. The van der Waals surface area contributed by atoms with Crippen LogP contribution in [0.1, 0.15) is 23.2 Å². The van der Waals surface area contributed by atoms with Crippen LogP contribution in [0.5, 0.6) is 11.6 Å². The highest BCUT2D eigenvalue weighted by Gasteiger charge is 2.19. The van der Waals surface area contributed by atoms with Gasteiger partial charge in [-0.25, -0.2) is 13.4 Å². The van der Waals surface area contributed by atoms with Gasteiger partial charge in [-0.15, -0.1) is 0 Å². The van der Waals surface area contributed by atoms with Crippen LogP contribution in [0.2, 0.25) is 0 Å². The molecule has 166 valence electrons. The second-order valence-corrected chi connectivity index (χ2v) is 8.93. The summed E-state index contributed by atoms with van der Waals surface area (Å²) in [5, 5.41) is 2.86. The molecule has 1 aliphatic rings. The quantitative estimate of drug-likeness (QED) is 0.540. The molecule has 0 spiro atoms. The van der Waals surface area contributed by atoms with Crippen molar-refractivity contribution in [3.63, 3.8) is 0 Å². The van der Waals surface area contributed by atoms with Crippen LogP contribution in [0, 0.1) is 0 Å². The zero-order valence-electron chi connectivity index (χ0n) is 17.2. The number of nitrogens with one attached hydrogen (secondary N) is 2. The number of ether oxygens (including phenoxy) is 2. The molecule has 1 amide bonds. The van der Waals surface area contributed by atoms with Gasteiger partial charge in [0.05, 0.1) is 11.0 Å². The number of amides is 1. The standard InChI is InChI=1S/C23H23N3O5S/c27-22(25-16-19-6-5-15-30-19)21-9-4-14-24-23(21)31-18-12-10-17(11-13-18)26-32(28,29)20-7-2-1-3-8-20/h1-4,7-14,19,26H,5-6,15-16H2,(H,25,27)/t19-/m0/s1. The molecule has 8 nitrogen and oxygen atoms in total. The summed E-state index contributed by atoms with van der Waals surface area (Å²) in [7, 11) is -3.68. The third kappa shape index (κ3) is 5.43. The average molecular weight is 454 g/mol. The fraction of sp³-hybridized carbons (Fsp3) is 0.217. The van der Waals surface area contributed by atoms with Crippen molar-refractivity contribution in [3.8, 4) is 11.6 Å². The van der Waals surface area contributed by atoms with E-state index in [0.29, 0.717) is 23.5 Å². The minimum Gasteiger partial charge on any atom is -0.438 e. The molecule has 1 saturated heterocycles. The van der Waals surface area contributed by atoms with Crippen molar-refractivity contribution in [3.05, 3.63) is 78.5 Å². The fourth-order valence-corrected chi connectivity index (χ4v) is 4.35. The number of benzene rings is 2. The number of nitrogens with zero attached hydrogens (tertiary/aromatic N) is 1. The summed E-state index contributed by atoms with van der Waals surface area (Å²) in [5.41, 5.74) is 0.691. The van der Waals surface area contributed by atoms with Crippen molar-refractivity contribution < 1.29 is 22.7 Å². The Kier molecular flexibility index (Phi) is 6.67. The molecule has 0 aliphatic carbocycles. The van der Waals surface area contributed by atoms with E-state index < -0.39 is 10.0 Å². The van der Waals surface area contributed by atoms with Crippen molar-refractivity contribution in [1.29, 1.82) is 0 Å². The van der Waals surface area contributed by atoms with Crippen molar-refractivity contribution in [1.82, 2.24) is 10.3 Å². The molecule has 0 bridgehead atoms. The van der Waals surface area contributed by atoms with Crippen molar-refractivity contribution in [2.45, 2.75) is 23.8 Å². The third-order valence-electron chi connectivity index (χ3n) is 4.90. The molecule has 1 atom stereocenters. The highest BCUT2D eigenvalue weighted by atomic mass is 32.2. The molecular weight excluding hydrogens is 430 g/mol. The Morgan fingerprint density at radius 2 is 1.84 bits per heavy atom. The summed E-state index contributed by atoms with van der Waals surface area (Å²) in [6.07, 6.45) is 3.50. The number of aromatic nitrogens is 1. The smallest absolute Gasteiger partial charge is 0.261 e. The first-order chi connectivity index (χ1) is 15.5. The lowest BCUT2D eigenvalue weighted by atomic mass is 10.2. The van der Waals surface area contributed by atoms with Gasteiger partial charge >= 0.3 is 0 Å². The molecule has 2 aromatic carbocycles. The summed E-state index contributed by atoms with van der Waals surface area (Å²) < 4.78 is 38.7. The molecule has 9 heteroatoms. The highest BCUT2D eigenvalue weighted by Crippen LogP contribution is 2.25. The van der Waals surface area contributed by atoms with Gasteiger partial charge in [0.25, 0.3) is 15.9 Å². The molecule has 0 unspecified atom stereocenters. The molecule has 3 aromatic rings. The lowest BCUT2D eigenvalue weighted by Gasteiger charge is -2.13. The van der Waals surface area contributed by atoms with Crippen molar-refractivity contribution in [2.24, 2.45) is 0 Å². The van der Waals surface area contributed by atoms with Crippen molar-refractivity contribution in [2.75, 3.05) is 17.9 Å². The van der Waals surface area contributed by atoms with Gasteiger partial charge in [-0.2, -0.15) is 0 Å². The van der Waals surface area contributed by atoms with E-state index in [1.807, 2.05) is 0 Å². The minimum absolute atomic E-state index is 0.0344. The third-order valence-corrected chi connectivity index (χ3v) is 6.30. The van der Waals surface area contributed by atoms with Gasteiger partial charge in [-0.05, 0) is 61.4 Å². The molecule has 2 N–H and O–H groups in total. The lowest BCUT2D eigenvalue weighted by Crippen LogP contribution is -2.32. The Bertz CT molecular complexity index is 1160. The predicted octanol–water partition coefficient (Wildman–Crippen LogP) is 3.58. The lowest BCUT2D eigenvalue weighted by molar-refractivity contribution is 0.0855. The Hall–Kier alpha value is -3.43. The van der Waals surface area contributed by atoms with Gasteiger partial charge in [-0.1, -0.05) is 18.2 Å². The number of carbonyl (C=O) groups excluding carboxylic acids is 1. The molecule has 1 aromatic heterocycles. The van der Waals surface area contributed by atoms with Gasteiger partial charge in [0.2, 0.25) is 5.88 Å². The van der Waals surface area contributed by atoms with E-state index in [-0.39, 0.29) is 22.8 Å². The van der Waals surface area contributed by atoms with Crippen LogP contribution in [-0.2, 0) is 14.8 Å². The number of hydrogen-bond acceptors (Lipinski definition) is 6. The molecule has 4 rings (SSSR count). The van der Waals surface area contributed by atoms with Crippen LogP contribution >= 0.6 is 0 Å². The van der Waals surface area contributed by atoms with Crippen molar-refractivity contribution >= 4 is 21.6 Å². The summed E-state index contributed by atoms with van der Waals surface area (Å²) >= 11 is 0. The van der Waals surface area contributed by atoms with Gasteiger partial charge in [-0.3, -0.25) is 9.52 Å². The molecule has 1 aliphatic heterocycles. The number of pyridine rings is 1. The van der Waals surface area contributed by atoms with Gasteiger partial charge < -0.3 is 14.8 Å². The Morgan fingerprint density at radius 1 is 1.06 bits per heavy atom. The maximum atomic E-state index is 12.6. The van der Waals surface area contributed by atoms with E-state index in [4.69, 9.17) is 9.47 Å². The van der Waals surface area contributed by atoms with Gasteiger partial charge in [0, 0.05) is 25.0 Å². The first-order valence-electron chi connectivity index (χ1n) is 10.2. The zero-order chi connectivity index (χ0) is 22.4. The number of carbonyl (C=O) groups is 1. The first-order valence-corrected chi connectivity index (χ1v) is 11.7. The predicted molar refractivity (Wildman–Crippen MR) is 119 cm³/mol. The number of anilines is 1. The summed E-state index contributed by atoms with van der Waals surface area (Å²) in [4.78, 5) is 16.9. The summed E-state index contributed by atoms with van der Waals surface area (Å²) in [6, 6.07) is 17.8. The number of sulfonamides is 1. The van der Waals surface area contributed by atoms with Crippen LogP contribution < -0.4 is 14.8 Å². The minimum atomic E-state index is -3.68. The van der Waals surface area contributed by atoms with E-state index in [9.17, 15) is 13.2 Å². The van der Waals surface area contributed by atoms with Crippen LogP contribution in [0.25, 0.3) is 0 Å². The molecule has 32 heavy (non-hydrogen) atoms. The number of rotatable bonds is 8. The SMILES string of the molecule is O=C(NC[C@@H]1CCCO1)c1cccnc1Oc1ccc(NS(=O)(=O)c2ccccc2)cc1. The van der Waals surface area contributed by atoms with E-state index in [1.54, 1.807) is 54.6 Å². The molecular formula is C23H23N3O5S. The van der Waals surface area contributed by atoms with Crippen LogP contribution in [-0.4, -0.2) is 38.6 Å². The first kappa shape index (κ1) is 21.8. The topological polar surface area (TPSA) is 107 Å². The second-order valence-electron chi connectivity index (χ2n) is 7.25. The Morgan fingerprint density at radius 3 is 2.56 bits per heavy atom. The summed E-state index contributed by atoms with van der Waals surface area (Å²) in [5.74, 6) is 0.283. The maximum absolute atomic E-state index is 12.6. The van der Waals surface area contributed by atoms with E-state index in [0.717, 1.165) is 19.4 Å². The molecule has 1 fully saturated rings. The molecule has 2 heterocycles. The zero-order valence-corrected chi connectivity index (χ0v) is 18.0. The molecule has 0 radical (unpaired) electrons. The van der Waals surface area contributed by atoms with Gasteiger partial charge in [0.1, 0.15) is 11.3 Å². The normalized spacial score (nSPS) is 15.8. The second kappa shape index (κ2) is 9.80. The molecule has 0 saturated carbocycles. The highest BCUT2D eigenvalue weighted by molar-refractivity contribution is 7.92. The van der Waals surface area contributed by atoms with E-state index in [1.165, 1.54) is 18.3 Å². The fourth-order valence-electron chi connectivity index (χ4n) is 3.27. The monoisotopic (exact) mass is 453 g/mol. The Labute approximate surface area is 186 Å². The maximum Gasteiger partial charge on any atom is 0.261 e. The van der Waals surface area contributed by atoms with E-state index in [2.05, 4.69) is 15.0 Å². The largest absolute Gasteiger partial charge is 0.438 e. The van der Waals surface area contributed by atoms with Gasteiger partial charge in [0.15, 0.2) is 0 Å². The van der Waals surface area contributed by atoms with Crippen LogP contribution in [0.15, 0.2) is 77.8 Å². The number of hydrogen-bond donors (Lipinski definition) is 2. The van der Waals surface area contributed by atoms with E-state index >= 15 is 0 Å². The average Bonchev–Trinajstić information content (AvgIpc) is 3.33.